The molecule has 0 fully saturated rings. The van der Waals surface area contributed by atoms with E-state index in [1.165, 1.54) is 16.7 Å². The maximum Gasteiger partial charge on any atom is 0.150 e. The summed E-state index contributed by atoms with van der Waals surface area (Å²) in [5, 5.41) is 0. The van der Waals surface area contributed by atoms with Crippen molar-refractivity contribution in [1.29, 1.82) is 0 Å². The highest BCUT2D eigenvalue weighted by Gasteiger charge is 2.07. The predicted molar refractivity (Wildman–Crippen MR) is 81.6 cm³/mol. The third-order valence-electron chi connectivity index (χ3n) is 3.28. The van der Waals surface area contributed by atoms with Crippen molar-refractivity contribution < 1.29 is 9.53 Å². The lowest BCUT2D eigenvalue weighted by Crippen LogP contribution is -2.00. The molecular formula is C18H20O2. The van der Waals surface area contributed by atoms with E-state index in [0.29, 0.717) is 12.2 Å². The molecule has 2 aromatic rings. The number of carbonyl (C=O) groups excluding carboxylic acids is 1. The van der Waals surface area contributed by atoms with Crippen LogP contribution in [0, 0.1) is 27.7 Å². The summed E-state index contributed by atoms with van der Waals surface area (Å²) in [6, 6.07) is 10.1. The Bertz CT molecular complexity index is 599. The predicted octanol–water partition coefficient (Wildman–Crippen LogP) is 4.31. The Morgan fingerprint density at radius 3 is 1.95 bits per heavy atom. The molecule has 0 aliphatic carbocycles. The summed E-state index contributed by atoms with van der Waals surface area (Å²) in [6.07, 6.45) is 0.869. The quantitative estimate of drug-likeness (QED) is 0.772. The molecule has 0 spiro atoms. The average molecular weight is 268 g/mol. The van der Waals surface area contributed by atoms with E-state index < -0.39 is 0 Å². The molecule has 0 bridgehead atoms. The van der Waals surface area contributed by atoms with Crippen LogP contribution >= 0.6 is 0 Å². The number of aldehydes is 1. The second-order valence-electron chi connectivity index (χ2n) is 5.39. The molecule has 20 heavy (non-hydrogen) atoms. The highest BCUT2D eigenvalue weighted by atomic mass is 16.5. The van der Waals surface area contributed by atoms with Gasteiger partial charge in [0.15, 0.2) is 0 Å². The smallest absolute Gasteiger partial charge is 0.150 e. The Hall–Kier alpha value is -2.09. The van der Waals surface area contributed by atoms with E-state index in [1.807, 2.05) is 26.0 Å². The minimum absolute atomic E-state index is 0.546. The third kappa shape index (κ3) is 3.27. The fourth-order valence-corrected chi connectivity index (χ4v) is 2.59. The summed E-state index contributed by atoms with van der Waals surface area (Å²) in [7, 11) is 0. The fraction of sp³-hybridized carbons (Fsp3) is 0.278. The Kier molecular flexibility index (Phi) is 4.23. The molecule has 0 amide bonds. The van der Waals surface area contributed by atoms with E-state index in [0.717, 1.165) is 23.2 Å². The molecule has 2 aromatic carbocycles. The number of carbonyl (C=O) groups is 1. The van der Waals surface area contributed by atoms with E-state index in [1.54, 1.807) is 0 Å². The van der Waals surface area contributed by atoms with Crippen molar-refractivity contribution in [3.63, 3.8) is 0 Å². The fourth-order valence-electron chi connectivity index (χ4n) is 2.59. The van der Waals surface area contributed by atoms with Crippen molar-refractivity contribution in [3.8, 4) is 5.75 Å². The van der Waals surface area contributed by atoms with Gasteiger partial charge in [-0.2, -0.15) is 0 Å². The molecule has 104 valence electrons. The van der Waals surface area contributed by atoms with Gasteiger partial charge in [0.2, 0.25) is 0 Å². The van der Waals surface area contributed by atoms with Crippen LogP contribution in [0.15, 0.2) is 30.3 Å². The monoisotopic (exact) mass is 268 g/mol. The molecule has 0 radical (unpaired) electrons. The van der Waals surface area contributed by atoms with Crippen molar-refractivity contribution in [2.75, 3.05) is 0 Å². The van der Waals surface area contributed by atoms with E-state index in [-0.39, 0.29) is 0 Å². The maximum absolute atomic E-state index is 10.8. The SMILES string of the molecule is Cc1cc(C)cc(COc2c(C)cc(C=O)cc2C)c1. The normalized spacial score (nSPS) is 10.4. The molecule has 0 heterocycles. The summed E-state index contributed by atoms with van der Waals surface area (Å²) in [6.45, 7) is 8.66. The van der Waals surface area contributed by atoms with Crippen LogP contribution in [0.2, 0.25) is 0 Å². The second kappa shape index (κ2) is 5.91. The second-order valence-corrected chi connectivity index (χ2v) is 5.39. The van der Waals surface area contributed by atoms with Crippen LogP contribution in [-0.2, 0) is 6.61 Å². The molecule has 0 aliphatic rings. The summed E-state index contributed by atoms with van der Waals surface area (Å²) in [5.74, 6) is 0.870. The molecular weight excluding hydrogens is 248 g/mol. The lowest BCUT2D eigenvalue weighted by molar-refractivity contribution is 0.112. The molecule has 0 atom stereocenters. The first-order chi connectivity index (χ1) is 9.49. The summed E-state index contributed by atoms with van der Waals surface area (Å²) < 4.78 is 5.95. The van der Waals surface area contributed by atoms with Gasteiger partial charge in [0.05, 0.1) is 0 Å². The Labute approximate surface area is 120 Å². The summed E-state index contributed by atoms with van der Waals surface area (Å²) >= 11 is 0. The van der Waals surface area contributed by atoms with Gasteiger partial charge in [0.1, 0.15) is 18.6 Å². The number of ether oxygens (including phenoxy) is 1. The highest BCUT2D eigenvalue weighted by Crippen LogP contribution is 2.25. The van der Waals surface area contributed by atoms with Gasteiger partial charge in [-0.05, 0) is 56.5 Å². The van der Waals surface area contributed by atoms with Gasteiger partial charge in [0, 0.05) is 5.56 Å². The molecule has 2 nitrogen and oxygen atoms in total. The van der Waals surface area contributed by atoms with Gasteiger partial charge in [0.25, 0.3) is 0 Å². The van der Waals surface area contributed by atoms with E-state index in [4.69, 9.17) is 4.74 Å². The highest BCUT2D eigenvalue weighted by molar-refractivity contribution is 5.76. The first-order valence-corrected chi connectivity index (χ1v) is 6.76. The van der Waals surface area contributed by atoms with Gasteiger partial charge >= 0.3 is 0 Å². The van der Waals surface area contributed by atoms with Crippen molar-refractivity contribution in [1.82, 2.24) is 0 Å². The number of hydrogen-bond acceptors (Lipinski definition) is 2. The standard InChI is InChI=1S/C18H20O2/c1-12-5-13(2)7-17(6-12)11-20-18-14(3)8-16(10-19)9-15(18)4/h5-10H,11H2,1-4H3. The molecule has 0 saturated carbocycles. The molecule has 2 rings (SSSR count). The van der Waals surface area contributed by atoms with Crippen LogP contribution in [0.1, 0.15) is 38.2 Å². The number of aryl methyl sites for hydroxylation is 4. The maximum atomic E-state index is 10.8. The van der Waals surface area contributed by atoms with Crippen molar-refractivity contribution >= 4 is 6.29 Å². The number of rotatable bonds is 4. The van der Waals surface area contributed by atoms with Crippen LogP contribution in [0.25, 0.3) is 0 Å². The average Bonchev–Trinajstić information content (AvgIpc) is 2.36. The molecule has 2 heteroatoms. The van der Waals surface area contributed by atoms with Crippen LogP contribution in [0.5, 0.6) is 5.75 Å². The van der Waals surface area contributed by atoms with Gasteiger partial charge in [-0.15, -0.1) is 0 Å². The lowest BCUT2D eigenvalue weighted by Gasteiger charge is -2.13. The Morgan fingerprint density at radius 2 is 1.45 bits per heavy atom. The first-order valence-electron chi connectivity index (χ1n) is 6.76. The van der Waals surface area contributed by atoms with Crippen molar-refractivity contribution in [2.24, 2.45) is 0 Å². The van der Waals surface area contributed by atoms with E-state index in [9.17, 15) is 4.79 Å². The first kappa shape index (κ1) is 14.3. The number of benzene rings is 2. The zero-order valence-corrected chi connectivity index (χ0v) is 12.5. The van der Waals surface area contributed by atoms with Crippen LogP contribution in [0.3, 0.4) is 0 Å². The minimum Gasteiger partial charge on any atom is -0.488 e. The van der Waals surface area contributed by atoms with Crippen LogP contribution in [-0.4, -0.2) is 6.29 Å². The summed E-state index contributed by atoms with van der Waals surface area (Å²) in [4.78, 5) is 10.8. The third-order valence-corrected chi connectivity index (χ3v) is 3.28. The molecule has 0 saturated heterocycles. The lowest BCUT2D eigenvalue weighted by atomic mass is 10.1. The minimum atomic E-state index is 0.546. The van der Waals surface area contributed by atoms with Gasteiger partial charge < -0.3 is 4.74 Å². The zero-order chi connectivity index (χ0) is 14.7. The summed E-state index contributed by atoms with van der Waals surface area (Å²) in [5.41, 5.74) is 6.34. The van der Waals surface area contributed by atoms with Gasteiger partial charge in [-0.25, -0.2) is 0 Å². The number of hydrogen-bond donors (Lipinski definition) is 0. The molecule has 0 N–H and O–H groups in total. The topological polar surface area (TPSA) is 26.3 Å². The van der Waals surface area contributed by atoms with Crippen LogP contribution < -0.4 is 4.74 Å². The molecule has 0 unspecified atom stereocenters. The Balaban J connectivity index is 2.20. The zero-order valence-electron chi connectivity index (χ0n) is 12.5. The molecule has 0 aliphatic heterocycles. The Morgan fingerprint density at radius 1 is 0.900 bits per heavy atom. The van der Waals surface area contributed by atoms with Crippen LogP contribution in [0.4, 0.5) is 0 Å². The van der Waals surface area contributed by atoms with E-state index >= 15 is 0 Å². The largest absolute Gasteiger partial charge is 0.488 e. The van der Waals surface area contributed by atoms with Crippen molar-refractivity contribution in [2.45, 2.75) is 34.3 Å². The van der Waals surface area contributed by atoms with E-state index in [2.05, 4.69) is 32.0 Å². The van der Waals surface area contributed by atoms with Gasteiger partial charge in [-0.1, -0.05) is 29.3 Å². The van der Waals surface area contributed by atoms with Crippen molar-refractivity contribution in [3.05, 3.63) is 63.7 Å². The van der Waals surface area contributed by atoms with Gasteiger partial charge in [-0.3, -0.25) is 4.79 Å². The molecule has 0 aromatic heterocycles.